The molecule has 1 aromatic carbocycles. The number of nitrogens with one attached hydrogen (secondary N) is 1. The van der Waals surface area contributed by atoms with Crippen molar-refractivity contribution >= 4 is 12.4 Å². The van der Waals surface area contributed by atoms with Gasteiger partial charge in [0, 0.05) is 12.6 Å². The van der Waals surface area contributed by atoms with Crippen LogP contribution < -0.4 is 5.32 Å². The molecule has 0 spiro atoms. The van der Waals surface area contributed by atoms with Crippen LogP contribution in [-0.2, 0) is 20.9 Å². The zero-order valence-electron chi connectivity index (χ0n) is 12.9. The predicted molar refractivity (Wildman–Crippen MR) is 81.4 cm³/mol. The van der Waals surface area contributed by atoms with Crippen LogP contribution in [0.2, 0.25) is 0 Å². The standard InChI is InChI=1S/C14H19NO4.C2H6/c1-11(13(7-8-16)15-10-17)14(18)19-9-12-5-3-2-4-6-12;1-2/h2-6,10-11,13,16H,7-9H2,1H3,(H,15,17);1-2H3. The highest BCUT2D eigenvalue weighted by Gasteiger charge is 2.24. The van der Waals surface area contributed by atoms with Crippen LogP contribution in [-0.4, -0.2) is 30.1 Å². The van der Waals surface area contributed by atoms with E-state index in [1.165, 1.54) is 0 Å². The number of aliphatic hydroxyl groups is 1. The topological polar surface area (TPSA) is 75.6 Å². The highest BCUT2D eigenvalue weighted by atomic mass is 16.5. The maximum Gasteiger partial charge on any atom is 0.311 e. The second-order valence-corrected chi connectivity index (χ2v) is 4.29. The van der Waals surface area contributed by atoms with Gasteiger partial charge in [0.25, 0.3) is 0 Å². The molecule has 5 nitrogen and oxygen atoms in total. The Hall–Kier alpha value is -1.88. The monoisotopic (exact) mass is 295 g/mol. The van der Waals surface area contributed by atoms with E-state index < -0.39 is 17.9 Å². The van der Waals surface area contributed by atoms with Gasteiger partial charge in [0.15, 0.2) is 0 Å². The van der Waals surface area contributed by atoms with Crippen molar-refractivity contribution in [1.29, 1.82) is 0 Å². The van der Waals surface area contributed by atoms with Crippen molar-refractivity contribution in [3.8, 4) is 0 Å². The molecule has 2 N–H and O–H groups in total. The Kier molecular flexibility index (Phi) is 10.8. The molecule has 2 atom stereocenters. The summed E-state index contributed by atoms with van der Waals surface area (Å²) in [6.07, 6.45) is 0.849. The average Bonchev–Trinajstić information content (AvgIpc) is 2.54. The normalized spacial score (nSPS) is 12.4. The molecule has 0 aliphatic heterocycles. The minimum atomic E-state index is -0.499. The van der Waals surface area contributed by atoms with Crippen molar-refractivity contribution in [2.24, 2.45) is 5.92 Å². The summed E-state index contributed by atoms with van der Waals surface area (Å²) < 4.78 is 5.19. The summed E-state index contributed by atoms with van der Waals surface area (Å²) in [5, 5.41) is 11.4. The molecule has 1 rings (SSSR count). The number of benzene rings is 1. The lowest BCUT2D eigenvalue weighted by molar-refractivity contribution is -0.150. The fraction of sp³-hybridized carbons (Fsp3) is 0.500. The Morgan fingerprint density at radius 3 is 2.48 bits per heavy atom. The summed E-state index contributed by atoms with van der Waals surface area (Å²) in [6.45, 7) is 5.78. The average molecular weight is 295 g/mol. The van der Waals surface area contributed by atoms with Gasteiger partial charge in [-0.15, -0.1) is 0 Å². The van der Waals surface area contributed by atoms with Crippen molar-refractivity contribution in [1.82, 2.24) is 5.32 Å². The molecular formula is C16H25NO4. The number of hydrogen-bond acceptors (Lipinski definition) is 4. The number of aliphatic hydroxyl groups excluding tert-OH is 1. The summed E-state index contributed by atoms with van der Waals surface area (Å²) in [5.74, 6) is -0.891. The lowest BCUT2D eigenvalue weighted by atomic mass is 9.99. The van der Waals surface area contributed by atoms with Crippen LogP contribution in [0.15, 0.2) is 30.3 Å². The Labute approximate surface area is 126 Å². The Bertz CT molecular complexity index is 395. The van der Waals surface area contributed by atoms with Gasteiger partial charge in [0.05, 0.1) is 5.92 Å². The molecule has 0 fully saturated rings. The van der Waals surface area contributed by atoms with Gasteiger partial charge in [0.1, 0.15) is 6.61 Å². The predicted octanol–water partition coefficient (Wildman–Crippen LogP) is 1.89. The first-order valence-electron chi connectivity index (χ1n) is 7.20. The van der Waals surface area contributed by atoms with Crippen LogP contribution in [0.3, 0.4) is 0 Å². The third kappa shape index (κ3) is 7.46. The van der Waals surface area contributed by atoms with Crippen molar-refractivity contribution in [2.75, 3.05) is 6.61 Å². The third-order valence-electron chi connectivity index (χ3n) is 2.92. The molecule has 21 heavy (non-hydrogen) atoms. The Balaban J connectivity index is 0.00000191. The maximum absolute atomic E-state index is 11.8. The molecule has 0 bridgehead atoms. The van der Waals surface area contributed by atoms with Gasteiger partial charge >= 0.3 is 5.97 Å². The number of hydrogen-bond donors (Lipinski definition) is 2. The van der Waals surface area contributed by atoms with Crippen LogP contribution in [0.4, 0.5) is 0 Å². The van der Waals surface area contributed by atoms with Crippen LogP contribution in [0.25, 0.3) is 0 Å². The van der Waals surface area contributed by atoms with E-state index in [9.17, 15) is 9.59 Å². The first kappa shape index (κ1) is 19.1. The number of carbonyl (C=O) groups excluding carboxylic acids is 2. The van der Waals surface area contributed by atoms with E-state index >= 15 is 0 Å². The maximum atomic E-state index is 11.8. The molecule has 0 radical (unpaired) electrons. The lowest BCUT2D eigenvalue weighted by Gasteiger charge is -2.21. The van der Waals surface area contributed by atoms with Gasteiger partial charge in [-0.25, -0.2) is 0 Å². The molecule has 0 heterocycles. The lowest BCUT2D eigenvalue weighted by Crippen LogP contribution is -2.39. The van der Waals surface area contributed by atoms with Crippen LogP contribution in [0, 0.1) is 5.92 Å². The first-order valence-corrected chi connectivity index (χ1v) is 7.20. The van der Waals surface area contributed by atoms with Crippen molar-refractivity contribution < 1.29 is 19.4 Å². The summed E-state index contributed by atoms with van der Waals surface area (Å²) >= 11 is 0. The van der Waals surface area contributed by atoms with E-state index in [0.29, 0.717) is 12.8 Å². The zero-order chi connectivity index (χ0) is 16.1. The molecule has 0 aliphatic carbocycles. The fourth-order valence-corrected chi connectivity index (χ4v) is 1.73. The molecule has 118 valence electrons. The minimum Gasteiger partial charge on any atom is -0.461 e. The molecule has 1 aromatic rings. The summed E-state index contributed by atoms with van der Waals surface area (Å²) in [4.78, 5) is 22.3. The Morgan fingerprint density at radius 2 is 1.95 bits per heavy atom. The fourth-order valence-electron chi connectivity index (χ4n) is 1.73. The number of esters is 1. The zero-order valence-corrected chi connectivity index (χ0v) is 12.9. The summed E-state index contributed by atoms with van der Waals surface area (Å²) in [6, 6.07) is 8.95. The first-order chi connectivity index (χ1) is 10.2. The Morgan fingerprint density at radius 1 is 1.33 bits per heavy atom. The van der Waals surface area contributed by atoms with Crippen molar-refractivity contribution in [2.45, 2.75) is 39.8 Å². The van der Waals surface area contributed by atoms with Crippen molar-refractivity contribution in [3.05, 3.63) is 35.9 Å². The van der Waals surface area contributed by atoms with Crippen LogP contribution in [0.5, 0.6) is 0 Å². The van der Waals surface area contributed by atoms with Gasteiger partial charge in [-0.1, -0.05) is 44.2 Å². The molecule has 0 saturated carbocycles. The highest BCUT2D eigenvalue weighted by molar-refractivity contribution is 5.73. The van der Waals surface area contributed by atoms with Crippen LogP contribution in [0.1, 0.15) is 32.8 Å². The van der Waals surface area contributed by atoms with Gasteiger partial charge in [-0.2, -0.15) is 0 Å². The van der Waals surface area contributed by atoms with E-state index in [2.05, 4.69) is 5.32 Å². The smallest absolute Gasteiger partial charge is 0.311 e. The van der Waals surface area contributed by atoms with E-state index in [-0.39, 0.29) is 13.2 Å². The molecule has 1 amide bonds. The van der Waals surface area contributed by atoms with Gasteiger partial charge in [-0.3, -0.25) is 9.59 Å². The second-order valence-electron chi connectivity index (χ2n) is 4.29. The number of rotatable bonds is 8. The van der Waals surface area contributed by atoms with Gasteiger partial charge in [0.2, 0.25) is 6.41 Å². The molecule has 0 aromatic heterocycles. The number of carbonyl (C=O) groups is 2. The minimum absolute atomic E-state index is 0.0954. The van der Waals surface area contributed by atoms with E-state index in [4.69, 9.17) is 9.84 Å². The molecule has 0 saturated heterocycles. The molecule has 0 aliphatic rings. The highest BCUT2D eigenvalue weighted by Crippen LogP contribution is 2.11. The molecule has 5 heteroatoms. The quantitative estimate of drug-likeness (QED) is 0.567. The largest absolute Gasteiger partial charge is 0.461 e. The number of ether oxygens (including phenoxy) is 1. The van der Waals surface area contributed by atoms with Crippen molar-refractivity contribution in [3.63, 3.8) is 0 Å². The van der Waals surface area contributed by atoms with Gasteiger partial charge < -0.3 is 15.2 Å². The van der Waals surface area contributed by atoms with Gasteiger partial charge in [-0.05, 0) is 18.9 Å². The summed E-state index contributed by atoms with van der Waals surface area (Å²) in [7, 11) is 0. The van der Waals surface area contributed by atoms with E-state index in [1.54, 1.807) is 6.92 Å². The second kappa shape index (κ2) is 11.9. The van der Waals surface area contributed by atoms with E-state index in [0.717, 1.165) is 5.56 Å². The van der Waals surface area contributed by atoms with Crippen LogP contribution >= 0.6 is 0 Å². The molecular weight excluding hydrogens is 270 g/mol. The summed E-state index contributed by atoms with van der Waals surface area (Å²) in [5.41, 5.74) is 0.908. The third-order valence-corrected chi connectivity index (χ3v) is 2.92. The number of amides is 1. The molecule has 2 unspecified atom stereocenters. The SMILES string of the molecule is CC.CC(C(=O)OCc1ccccc1)C(CCO)NC=O. The van der Waals surface area contributed by atoms with E-state index in [1.807, 2.05) is 44.2 Å².